The van der Waals surface area contributed by atoms with Gasteiger partial charge in [-0.1, -0.05) is 30.3 Å². The molecule has 0 aliphatic rings. The second-order valence-electron chi connectivity index (χ2n) is 8.07. The van der Waals surface area contributed by atoms with E-state index in [0.717, 1.165) is 6.92 Å². The molecule has 1 aromatic carbocycles. The van der Waals surface area contributed by atoms with Crippen LogP contribution in [0.25, 0.3) is 0 Å². The van der Waals surface area contributed by atoms with Crippen molar-refractivity contribution >= 4 is 12.1 Å². The normalized spacial score (nSPS) is 15.7. The zero-order valence-electron chi connectivity index (χ0n) is 16.0. The van der Waals surface area contributed by atoms with Crippen molar-refractivity contribution in [2.24, 2.45) is 0 Å². The second-order valence-corrected chi connectivity index (χ2v) is 8.07. The van der Waals surface area contributed by atoms with Gasteiger partial charge in [0.15, 0.2) is 0 Å². The predicted molar refractivity (Wildman–Crippen MR) is 93.9 cm³/mol. The van der Waals surface area contributed by atoms with Gasteiger partial charge in [-0.15, -0.1) is 0 Å². The molecular weight excluding hydrogens is 325 g/mol. The molecule has 1 amide bonds. The number of halogens is 1. The van der Waals surface area contributed by atoms with E-state index in [1.807, 2.05) is 0 Å². The van der Waals surface area contributed by atoms with Gasteiger partial charge in [0.1, 0.15) is 17.2 Å². The molecule has 1 N–H and O–H groups in total. The summed E-state index contributed by atoms with van der Waals surface area (Å²) in [6.45, 7) is 11.2. The Labute approximate surface area is 148 Å². The van der Waals surface area contributed by atoms with Crippen molar-refractivity contribution in [1.82, 2.24) is 5.32 Å². The molecule has 0 bridgehead atoms. The first-order chi connectivity index (χ1) is 11.2. The Morgan fingerprint density at radius 1 is 0.920 bits per heavy atom. The van der Waals surface area contributed by atoms with E-state index in [4.69, 9.17) is 9.47 Å². The van der Waals surface area contributed by atoms with E-state index < -0.39 is 35.0 Å². The van der Waals surface area contributed by atoms with E-state index in [9.17, 15) is 9.59 Å². The zero-order chi connectivity index (χ0) is 19.5. The Bertz CT molecular complexity index is 600. The van der Waals surface area contributed by atoms with Crippen molar-refractivity contribution in [2.75, 3.05) is 0 Å². The van der Waals surface area contributed by atoms with Gasteiger partial charge in [0.25, 0.3) is 0 Å². The third-order valence-corrected chi connectivity index (χ3v) is 3.13. The van der Waals surface area contributed by atoms with Gasteiger partial charge in [-0.25, -0.2) is 14.0 Å². The van der Waals surface area contributed by atoms with Crippen molar-refractivity contribution < 1.29 is 23.5 Å². The zero-order valence-corrected chi connectivity index (χ0v) is 16.0. The number of alkyl carbamates (subject to hydrolysis) is 1. The third kappa shape index (κ3) is 6.72. The summed E-state index contributed by atoms with van der Waals surface area (Å²) in [6, 6.07) is 7.17. The van der Waals surface area contributed by atoms with Crippen molar-refractivity contribution in [3.05, 3.63) is 35.9 Å². The van der Waals surface area contributed by atoms with Gasteiger partial charge in [-0.05, 0) is 54.0 Å². The molecule has 0 heterocycles. The number of hydrogen-bond donors (Lipinski definition) is 1. The summed E-state index contributed by atoms with van der Waals surface area (Å²) in [6.07, 6.45) is -0.811. The average molecular weight is 353 g/mol. The molecule has 5 nitrogen and oxygen atoms in total. The number of esters is 1. The van der Waals surface area contributed by atoms with E-state index >= 15 is 4.39 Å². The molecule has 1 aromatic rings. The van der Waals surface area contributed by atoms with Crippen LogP contribution in [0.1, 0.15) is 60.1 Å². The number of alkyl halides is 1. The van der Waals surface area contributed by atoms with Gasteiger partial charge in [0, 0.05) is 0 Å². The Hall–Kier alpha value is -2.11. The predicted octanol–water partition coefficient (Wildman–Crippen LogP) is 4.32. The van der Waals surface area contributed by atoms with Crippen molar-refractivity contribution in [1.29, 1.82) is 0 Å². The molecule has 25 heavy (non-hydrogen) atoms. The number of carbonyl (C=O) groups excluding carboxylic acids is 2. The maximum atomic E-state index is 15.4. The van der Waals surface area contributed by atoms with Crippen LogP contribution in [0.3, 0.4) is 0 Å². The highest BCUT2D eigenvalue weighted by Crippen LogP contribution is 2.32. The van der Waals surface area contributed by atoms with Gasteiger partial charge in [0.05, 0.1) is 0 Å². The van der Waals surface area contributed by atoms with Gasteiger partial charge in [0.2, 0.25) is 5.67 Å². The molecule has 6 heteroatoms. The number of ether oxygens (including phenoxy) is 2. The van der Waals surface area contributed by atoms with Crippen LogP contribution in [0, 0.1) is 0 Å². The van der Waals surface area contributed by atoms with Crippen LogP contribution < -0.4 is 5.32 Å². The molecule has 0 aliphatic carbocycles. The molecule has 1 rings (SSSR count). The maximum absolute atomic E-state index is 15.4. The Morgan fingerprint density at radius 3 is 1.84 bits per heavy atom. The van der Waals surface area contributed by atoms with Crippen LogP contribution in [-0.2, 0) is 14.3 Å². The maximum Gasteiger partial charge on any atom is 0.408 e. The first-order valence-electron chi connectivity index (χ1n) is 8.19. The van der Waals surface area contributed by atoms with E-state index in [-0.39, 0.29) is 0 Å². The Balaban J connectivity index is 3.14. The fourth-order valence-corrected chi connectivity index (χ4v) is 2.10. The number of benzene rings is 1. The standard InChI is InChI=1S/C19H28FNO4/c1-17(2,3)24-15(22)19(7,20)14(13-11-9-8-10-12-13)21-16(23)25-18(4,5)6/h8-12,14H,1-7H3,(H,21,23)/t14-,19+/m0/s1. The minimum atomic E-state index is -2.48. The van der Waals surface area contributed by atoms with Crippen molar-refractivity contribution in [3.8, 4) is 0 Å². The highest BCUT2D eigenvalue weighted by atomic mass is 19.1. The summed E-state index contributed by atoms with van der Waals surface area (Å²) >= 11 is 0. The molecule has 0 saturated heterocycles. The Morgan fingerprint density at radius 2 is 1.40 bits per heavy atom. The summed E-state index contributed by atoms with van der Waals surface area (Å²) < 4.78 is 25.8. The molecule has 0 spiro atoms. The molecule has 0 unspecified atom stereocenters. The van der Waals surface area contributed by atoms with E-state index in [1.165, 1.54) is 0 Å². The molecule has 0 radical (unpaired) electrons. The summed E-state index contributed by atoms with van der Waals surface area (Å²) in [7, 11) is 0. The highest BCUT2D eigenvalue weighted by molar-refractivity contribution is 5.82. The molecule has 0 fully saturated rings. The fourth-order valence-electron chi connectivity index (χ4n) is 2.10. The van der Waals surface area contributed by atoms with Crippen LogP contribution in [0.5, 0.6) is 0 Å². The topological polar surface area (TPSA) is 64.6 Å². The fraction of sp³-hybridized carbons (Fsp3) is 0.579. The minimum absolute atomic E-state index is 0.434. The molecular formula is C19H28FNO4. The summed E-state index contributed by atoms with van der Waals surface area (Å²) in [5, 5.41) is 2.46. The van der Waals surface area contributed by atoms with Gasteiger partial charge in [-0.2, -0.15) is 0 Å². The summed E-state index contributed by atoms with van der Waals surface area (Å²) in [5.41, 5.74) is -3.64. The summed E-state index contributed by atoms with van der Waals surface area (Å²) in [4.78, 5) is 24.5. The van der Waals surface area contributed by atoms with Crippen LogP contribution in [0.15, 0.2) is 30.3 Å². The van der Waals surface area contributed by atoms with E-state index in [0.29, 0.717) is 5.56 Å². The number of rotatable bonds is 4. The minimum Gasteiger partial charge on any atom is -0.458 e. The quantitative estimate of drug-likeness (QED) is 0.819. The smallest absolute Gasteiger partial charge is 0.408 e. The number of amides is 1. The lowest BCUT2D eigenvalue weighted by Crippen LogP contribution is -2.49. The number of carbonyl (C=O) groups is 2. The summed E-state index contributed by atoms with van der Waals surface area (Å²) in [5.74, 6) is -1.05. The lowest BCUT2D eigenvalue weighted by atomic mass is 9.91. The van der Waals surface area contributed by atoms with Crippen LogP contribution in [0.2, 0.25) is 0 Å². The van der Waals surface area contributed by atoms with Crippen molar-refractivity contribution in [3.63, 3.8) is 0 Å². The lowest BCUT2D eigenvalue weighted by molar-refractivity contribution is -0.170. The van der Waals surface area contributed by atoms with Crippen LogP contribution in [0.4, 0.5) is 9.18 Å². The molecule has 0 saturated carbocycles. The van der Waals surface area contributed by atoms with E-state index in [2.05, 4.69) is 5.32 Å². The van der Waals surface area contributed by atoms with Crippen LogP contribution >= 0.6 is 0 Å². The number of hydrogen-bond acceptors (Lipinski definition) is 4. The molecule has 0 aliphatic heterocycles. The molecule has 140 valence electrons. The first kappa shape index (κ1) is 20.9. The van der Waals surface area contributed by atoms with E-state index in [1.54, 1.807) is 71.9 Å². The second kappa shape index (κ2) is 7.42. The largest absolute Gasteiger partial charge is 0.458 e. The lowest BCUT2D eigenvalue weighted by Gasteiger charge is -2.33. The molecule has 0 aromatic heterocycles. The Kier molecular flexibility index (Phi) is 6.21. The van der Waals surface area contributed by atoms with Gasteiger partial charge in [-0.3, -0.25) is 0 Å². The monoisotopic (exact) mass is 353 g/mol. The highest BCUT2D eigenvalue weighted by Gasteiger charge is 2.47. The SMILES string of the molecule is CC(C)(C)OC(=O)N[C@@H](c1ccccc1)[C@@](C)(F)C(=O)OC(C)(C)C. The van der Waals surface area contributed by atoms with Gasteiger partial charge < -0.3 is 14.8 Å². The molecule has 2 atom stereocenters. The van der Waals surface area contributed by atoms with Crippen LogP contribution in [-0.4, -0.2) is 28.9 Å². The average Bonchev–Trinajstić information content (AvgIpc) is 2.41. The first-order valence-corrected chi connectivity index (χ1v) is 8.19. The number of nitrogens with one attached hydrogen (secondary N) is 1. The third-order valence-electron chi connectivity index (χ3n) is 3.13. The van der Waals surface area contributed by atoms with Gasteiger partial charge >= 0.3 is 12.1 Å². The van der Waals surface area contributed by atoms with Crippen molar-refractivity contribution in [2.45, 2.75) is 71.4 Å².